The van der Waals surface area contributed by atoms with Crippen LogP contribution in [0.25, 0.3) is 0 Å². The van der Waals surface area contributed by atoms with Gasteiger partial charge in [-0.15, -0.1) is 0 Å². The van der Waals surface area contributed by atoms with E-state index >= 15 is 0 Å². The summed E-state index contributed by atoms with van der Waals surface area (Å²) in [6.45, 7) is 0.599. The lowest BCUT2D eigenvalue weighted by molar-refractivity contribution is -0.133. The molecule has 2 amide bonds. The lowest BCUT2D eigenvalue weighted by atomic mass is 9.91. The molecule has 7 nitrogen and oxygen atoms in total. The van der Waals surface area contributed by atoms with Gasteiger partial charge in [0.15, 0.2) is 0 Å². The topological polar surface area (TPSA) is 99.1 Å². The fraction of sp³-hybridized carbons (Fsp3) is 0.304. The first-order chi connectivity index (χ1) is 25.9. The summed E-state index contributed by atoms with van der Waals surface area (Å²) in [5.41, 5.74) is 6.22. The van der Waals surface area contributed by atoms with Crippen molar-refractivity contribution in [3.63, 3.8) is 0 Å². The van der Waals surface area contributed by atoms with Gasteiger partial charge in [0.05, 0.1) is 18.2 Å². The Morgan fingerprint density at radius 1 is 0.755 bits per heavy atom. The van der Waals surface area contributed by atoms with Gasteiger partial charge in [-0.2, -0.15) is 0 Å². The zero-order chi connectivity index (χ0) is 36.6. The zero-order valence-corrected chi connectivity index (χ0v) is 30.0. The third-order valence-electron chi connectivity index (χ3n) is 10.8. The van der Waals surface area contributed by atoms with Crippen LogP contribution < -0.4 is 10.1 Å². The zero-order valence-electron chi connectivity index (χ0n) is 30.0. The second-order valence-corrected chi connectivity index (χ2v) is 14.6. The molecule has 0 saturated carbocycles. The quantitative estimate of drug-likeness (QED) is 0.113. The summed E-state index contributed by atoms with van der Waals surface area (Å²) < 4.78 is 6.00. The Morgan fingerprint density at radius 2 is 1.36 bits per heavy atom. The van der Waals surface area contributed by atoms with E-state index in [2.05, 4.69) is 29.6 Å². The van der Waals surface area contributed by atoms with Gasteiger partial charge in [0, 0.05) is 30.8 Å². The predicted molar refractivity (Wildman–Crippen MR) is 206 cm³/mol. The second kappa shape index (κ2) is 17.1. The summed E-state index contributed by atoms with van der Waals surface area (Å²) in [6.07, 6.45) is 1.41. The molecule has 7 rings (SSSR count). The Balaban J connectivity index is 1.07. The van der Waals surface area contributed by atoms with E-state index in [0.717, 1.165) is 39.1 Å². The molecular weight excluding hydrogens is 661 g/mol. The van der Waals surface area contributed by atoms with Crippen molar-refractivity contribution in [2.45, 2.75) is 69.4 Å². The van der Waals surface area contributed by atoms with Gasteiger partial charge in [-0.25, -0.2) is 0 Å². The number of nitrogens with zero attached hydrogens (tertiary/aromatic N) is 1. The Morgan fingerprint density at radius 3 is 2.04 bits per heavy atom. The van der Waals surface area contributed by atoms with Crippen LogP contribution in [0.4, 0.5) is 0 Å². The number of aliphatic hydroxyl groups is 2. The SMILES string of the molecule is O=C(N[C@H]1c2ccccc2C[C@H]1O)[C@@H](Cc1ccc(OCc2ccccc2)cc1)C[C@H](O)CN1C(=O)[C@@H](Cc2ccccc2)C[C@@H]1Cc1ccccc1. The molecule has 53 heavy (non-hydrogen) atoms. The monoisotopic (exact) mass is 708 g/mol. The Bertz CT molecular complexity index is 1940. The summed E-state index contributed by atoms with van der Waals surface area (Å²) in [5, 5.41) is 25.8. The van der Waals surface area contributed by atoms with Crippen LogP contribution in [0.1, 0.15) is 52.3 Å². The number of ether oxygens (including phenoxy) is 1. The van der Waals surface area contributed by atoms with Crippen LogP contribution >= 0.6 is 0 Å². The van der Waals surface area contributed by atoms with E-state index in [4.69, 9.17) is 4.74 Å². The van der Waals surface area contributed by atoms with E-state index in [1.165, 1.54) is 0 Å². The molecule has 0 aromatic heterocycles. The van der Waals surface area contributed by atoms with Crippen molar-refractivity contribution < 1.29 is 24.5 Å². The van der Waals surface area contributed by atoms with E-state index in [1.807, 2.05) is 120 Å². The van der Waals surface area contributed by atoms with Crippen molar-refractivity contribution >= 4 is 11.8 Å². The van der Waals surface area contributed by atoms with Crippen LogP contribution in [-0.2, 0) is 41.9 Å². The molecule has 5 aromatic carbocycles. The predicted octanol–water partition coefficient (Wildman–Crippen LogP) is 6.65. The summed E-state index contributed by atoms with van der Waals surface area (Å²) in [7, 11) is 0. The van der Waals surface area contributed by atoms with Crippen LogP contribution in [0.3, 0.4) is 0 Å². The molecule has 0 radical (unpaired) electrons. The number of amides is 2. The summed E-state index contributed by atoms with van der Waals surface area (Å²) in [4.78, 5) is 30.0. The molecule has 2 aliphatic rings. The number of nitrogens with one attached hydrogen (secondary N) is 1. The highest BCUT2D eigenvalue weighted by molar-refractivity contribution is 5.82. The van der Waals surface area contributed by atoms with Crippen molar-refractivity contribution in [2.75, 3.05) is 6.54 Å². The van der Waals surface area contributed by atoms with Crippen LogP contribution in [0.2, 0.25) is 0 Å². The minimum atomic E-state index is -0.933. The fourth-order valence-corrected chi connectivity index (χ4v) is 8.04. The molecule has 6 atom stereocenters. The summed E-state index contributed by atoms with van der Waals surface area (Å²) >= 11 is 0. The molecule has 1 aliphatic carbocycles. The first-order valence-corrected chi connectivity index (χ1v) is 18.8. The Labute approximate surface area is 312 Å². The maximum Gasteiger partial charge on any atom is 0.226 e. The molecule has 1 fully saturated rings. The molecule has 1 aliphatic heterocycles. The van der Waals surface area contributed by atoms with Crippen molar-refractivity contribution in [3.05, 3.63) is 173 Å². The maximum atomic E-state index is 14.1. The summed E-state index contributed by atoms with van der Waals surface area (Å²) in [6, 6.07) is 45.2. The van der Waals surface area contributed by atoms with Crippen LogP contribution in [0.5, 0.6) is 5.75 Å². The van der Waals surface area contributed by atoms with Gasteiger partial charge in [-0.1, -0.05) is 127 Å². The molecule has 272 valence electrons. The van der Waals surface area contributed by atoms with Crippen LogP contribution in [0, 0.1) is 11.8 Å². The number of likely N-dealkylation sites (tertiary alicyclic amines) is 1. The highest BCUT2D eigenvalue weighted by atomic mass is 16.5. The lowest BCUT2D eigenvalue weighted by Gasteiger charge is -2.29. The van der Waals surface area contributed by atoms with Crippen LogP contribution in [-0.4, -0.2) is 51.7 Å². The molecule has 1 saturated heterocycles. The van der Waals surface area contributed by atoms with Gasteiger partial charge in [-0.05, 0) is 77.6 Å². The fourth-order valence-electron chi connectivity index (χ4n) is 8.04. The highest BCUT2D eigenvalue weighted by Gasteiger charge is 2.41. The van der Waals surface area contributed by atoms with Gasteiger partial charge in [0.25, 0.3) is 0 Å². The maximum absolute atomic E-state index is 14.1. The van der Waals surface area contributed by atoms with E-state index in [-0.39, 0.29) is 36.7 Å². The van der Waals surface area contributed by atoms with Crippen molar-refractivity contribution in [2.24, 2.45) is 11.8 Å². The van der Waals surface area contributed by atoms with Gasteiger partial charge >= 0.3 is 0 Å². The number of carbonyl (C=O) groups excluding carboxylic acids is 2. The van der Waals surface area contributed by atoms with Gasteiger partial charge in [0.2, 0.25) is 11.8 Å². The lowest BCUT2D eigenvalue weighted by Crippen LogP contribution is -2.43. The standard InChI is InChI=1S/C46H48N2O5/c49-40(30-48-39(26-33-14-6-2-7-15-33)27-38(46(48)52)25-32-12-4-1-5-13-32)28-37(45(51)47-44-42-19-11-10-18-36(42)29-43(44)50)24-34-20-22-41(23-21-34)53-31-35-16-8-3-9-17-35/h1-23,37-40,43-44,49-50H,24-31H2,(H,47,51)/t37-,38-,39-,40-,43+,44-/m0/s1. The van der Waals surface area contributed by atoms with Gasteiger partial charge in [0.1, 0.15) is 12.4 Å². The number of β-amino-alcohol motifs (C(OH)–C–C–N with tert-alkyl or cyclic N) is 1. The van der Waals surface area contributed by atoms with Gasteiger partial charge in [-0.3, -0.25) is 9.59 Å². The largest absolute Gasteiger partial charge is 0.489 e. The third-order valence-corrected chi connectivity index (χ3v) is 10.8. The van der Waals surface area contributed by atoms with Crippen LogP contribution in [0.15, 0.2) is 140 Å². The number of aliphatic hydroxyl groups excluding tert-OH is 2. The third kappa shape index (κ3) is 9.23. The molecule has 0 unspecified atom stereocenters. The Kier molecular flexibility index (Phi) is 11.6. The highest BCUT2D eigenvalue weighted by Crippen LogP contribution is 2.33. The number of hydrogen-bond acceptors (Lipinski definition) is 5. The average Bonchev–Trinajstić information content (AvgIpc) is 3.65. The molecule has 5 aromatic rings. The molecule has 7 heteroatoms. The number of benzene rings is 5. The normalized spacial score (nSPS) is 20.5. The van der Waals surface area contributed by atoms with Crippen molar-refractivity contribution in [1.82, 2.24) is 10.2 Å². The number of carbonyl (C=O) groups is 2. The summed E-state index contributed by atoms with van der Waals surface area (Å²) in [5.74, 6) is -0.238. The van der Waals surface area contributed by atoms with E-state index in [9.17, 15) is 19.8 Å². The first kappa shape index (κ1) is 36.1. The van der Waals surface area contributed by atoms with Crippen molar-refractivity contribution in [3.8, 4) is 5.75 Å². The minimum absolute atomic E-state index is 0.0478. The minimum Gasteiger partial charge on any atom is -0.489 e. The smallest absolute Gasteiger partial charge is 0.226 e. The van der Waals surface area contributed by atoms with E-state index < -0.39 is 24.2 Å². The average molecular weight is 709 g/mol. The van der Waals surface area contributed by atoms with E-state index in [0.29, 0.717) is 38.7 Å². The molecule has 1 heterocycles. The van der Waals surface area contributed by atoms with Crippen molar-refractivity contribution in [1.29, 1.82) is 0 Å². The number of fused-ring (bicyclic) bond motifs is 1. The van der Waals surface area contributed by atoms with E-state index in [1.54, 1.807) is 0 Å². The molecule has 0 spiro atoms. The van der Waals surface area contributed by atoms with Gasteiger partial charge < -0.3 is 25.2 Å². The first-order valence-electron chi connectivity index (χ1n) is 18.8. The second-order valence-electron chi connectivity index (χ2n) is 14.6. The molecule has 0 bridgehead atoms. The molecular formula is C46H48N2O5. The number of rotatable bonds is 15. The molecule has 3 N–H and O–H groups in total. The Hall–Kier alpha value is -5.24. The number of hydrogen-bond donors (Lipinski definition) is 3.